The Bertz CT molecular complexity index is 1410. The molecule has 9 heteroatoms. The van der Waals surface area contributed by atoms with Crippen LogP contribution in [0.2, 0.25) is 5.02 Å². The SMILES string of the molecule is CC.CCCOCC.Cc1cc(N2COCCS2)ccc1C(=O)Nc1ccc(Cl)c(-c2ncc3ccccc3n2)c1. The lowest BCUT2D eigenvalue weighted by Crippen LogP contribution is -2.26. The predicted octanol–water partition coefficient (Wildman–Crippen LogP) is 8.41. The first-order valence-electron chi connectivity index (χ1n) is 14.0. The molecule has 5 rings (SSSR count). The van der Waals surface area contributed by atoms with Crippen molar-refractivity contribution in [2.24, 2.45) is 0 Å². The van der Waals surface area contributed by atoms with Crippen molar-refractivity contribution < 1.29 is 14.3 Å². The van der Waals surface area contributed by atoms with Crippen molar-refractivity contribution in [2.75, 3.05) is 41.9 Å². The average molecular weight is 595 g/mol. The lowest BCUT2D eigenvalue weighted by Gasteiger charge is -2.27. The summed E-state index contributed by atoms with van der Waals surface area (Å²) in [7, 11) is 0. The molecule has 0 bridgehead atoms. The van der Waals surface area contributed by atoms with Crippen LogP contribution in [-0.2, 0) is 9.47 Å². The Morgan fingerprint density at radius 1 is 1.12 bits per heavy atom. The minimum atomic E-state index is -0.186. The van der Waals surface area contributed by atoms with E-state index < -0.39 is 0 Å². The van der Waals surface area contributed by atoms with E-state index in [-0.39, 0.29) is 5.91 Å². The second-order valence-electron chi connectivity index (χ2n) is 8.85. The smallest absolute Gasteiger partial charge is 0.255 e. The number of nitrogens with zero attached hydrogens (tertiary/aromatic N) is 3. The largest absolute Gasteiger partial charge is 0.382 e. The molecule has 41 heavy (non-hydrogen) atoms. The molecule has 7 nitrogen and oxygen atoms in total. The van der Waals surface area contributed by atoms with Gasteiger partial charge in [-0.1, -0.05) is 50.6 Å². The molecule has 1 aliphatic rings. The molecule has 4 aromatic rings. The Hall–Kier alpha value is -3.17. The van der Waals surface area contributed by atoms with Gasteiger partial charge in [0.1, 0.15) is 6.73 Å². The van der Waals surface area contributed by atoms with Gasteiger partial charge in [0.05, 0.1) is 17.1 Å². The van der Waals surface area contributed by atoms with Gasteiger partial charge in [-0.3, -0.25) is 9.10 Å². The number of carbonyl (C=O) groups excluding carboxylic acids is 1. The van der Waals surface area contributed by atoms with Crippen LogP contribution in [0.4, 0.5) is 11.4 Å². The van der Waals surface area contributed by atoms with Gasteiger partial charge in [-0.2, -0.15) is 0 Å². The topological polar surface area (TPSA) is 76.6 Å². The zero-order valence-corrected chi connectivity index (χ0v) is 26.0. The van der Waals surface area contributed by atoms with E-state index in [1.54, 1.807) is 36.3 Å². The maximum Gasteiger partial charge on any atom is 0.255 e. The molecule has 3 aromatic carbocycles. The molecule has 2 heterocycles. The fourth-order valence-corrected chi connectivity index (χ4v) is 4.99. The van der Waals surface area contributed by atoms with Crippen molar-refractivity contribution in [3.63, 3.8) is 0 Å². The van der Waals surface area contributed by atoms with E-state index in [9.17, 15) is 4.79 Å². The van der Waals surface area contributed by atoms with Crippen LogP contribution in [0, 0.1) is 6.92 Å². The van der Waals surface area contributed by atoms with Crippen molar-refractivity contribution in [1.29, 1.82) is 0 Å². The standard InChI is InChI=1S/C25H21ClN4O2S.C5H12O.C2H6/c1-16-12-19(30-15-32-10-11-33-30)7-8-20(16)25(31)28-18-6-9-22(26)21(13-18)24-27-14-17-4-2-3-5-23(17)29-24;1-3-5-6-4-2;1-2/h2-9,12-14H,10-11,15H2,1H3,(H,28,31);3-5H2,1-2H3;1-2H3. The van der Waals surface area contributed by atoms with Gasteiger partial charge in [0, 0.05) is 53.1 Å². The molecule has 0 aliphatic carbocycles. The van der Waals surface area contributed by atoms with E-state index in [0.717, 1.165) is 54.1 Å². The minimum absolute atomic E-state index is 0.186. The molecular weight excluding hydrogens is 556 g/mol. The number of halogens is 1. The lowest BCUT2D eigenvalue weighted by molar-refractivity contribution is 0.102. The van der Waals surface area contributed by atoms with Gasteiger partial charge in [-0.15, -0.1) is 0 Å². The first-order valence-corrected chi connectivity index (χ1v) is 15.3. The number of amides is 1. The van der Waals surface area contributed by atoms with Crippen molar-refractivity contribution in [1.82, 2.24) is 9.97 Å². The fourth-order valence-electron chi connectivity index (χ4n) is 3.96. The molecular formula is C32H39ClN4O3S. The number of aryl methyl sites for hydroxylation is 1. The van der Waals surface area contributed by atoms with E-state index in [4.69, 9.17) is 21.1 Å². The molecule has 1 aliphatic heterocycles. The highest BCUT2D eigenvalue weighted by molar-refractivity contribution is 8.00. The third kappa shape index (κ3) is 9.16. The van der Waals surface area contributed by atoms with Crippen LogP contribution in [0.1, 0.15) is 50.0 Å². The van der Waals surface area contributed by atoms with Crippen LogP contribution in [0.15, 0.2) is 66.9 Å². The number of aromatic nitrogens is 2. The highest BCUT2D eigenvalue weighted by Crippen LogP contribution is 2.30. The Balaban J connectivity index is 0.000000515. The van der Waals surface area contributed by atoms with Gasteiger partial charge >= 0.3 is 0 Å². The number of carbonyl (C=O) groups is 1. The molecule has 1 aromatic heterocycles. The number of benzene rings is 3. The van der Waals surface area contributed by atoms with Gasteiger partial charge < -0.3 is 14.8 Å². The van der Waals surface area contributed by atoms with E-state index in [1.807, 2.05) is 70.2 Å². The highest BCUT2D eigenvalue weighted by Gasteiger charge is 2.16. The predicted molar refractivity (Wildman–Crippen MR) is 173 cm³/mol. The Morgan fingerprint density at radius 2 is 1.93 bits per heavy atom. The summed E-state index contributed by atoms with van der Waals surface area (Å²) in [6.07, 6.45) is 2.91. The van der Waals surface area contributed by atoms with Gasteiger partial charge in [0.15, 0.2) is 5.82 Å². The van der Waals surface area contributed by atoms with Crippen LogP contribution in [-0.4, -0.2) is 48.2 Å². The number of anilines is 2. The van der Waals surface area contributed by atoms with E-state index >= 15 is 0 Å². The van der Waals surface area contributed by atoms with E-state index in [2.05, 4.69) is 26.5 Å². The molecule has 1 amide bonds. The Kier molecular flexibility index (Phi) is 13.4. The number of ether oxygens (including phenoxy) is 2. The molecule has 0 atom stereocenters. The third-order valence-electron chi connectivity index (χ3n) is 5.93. The summed E-state index contributed by atoms with van der Waals surface area (Å²) in [4.78, 5) is 22.1. The summed E-state index contributed by atoms with van der Waals surface area (Å²) >= 11 is 8.17. The number of para-hydroxylation sites is 1. The summed E-state index contributed by atoms with van der Waals surface area (Å²) in [5.41, 5.74) is 4.65. The molecule has 1 N–H and O–H groups in total. The quantitative estimate of drug-likeness (QED) is 0.170. The van der Waals surface area contributed by atoms with Crippen LogP contribution in [0.25, 0.3) is 22.3 Å². The Labute approximate surface area is 252 Å². The zero-order chi connectivity index (χ0) is 29.6. The van der Waals surface area contributed by atoms with Crippen molar-refractivity contribution in [3.8, 4) is 11.4 Å². The number of rotatable bonds is 7. The first kappa shape index (κ1) is 32.3. The number of nitrogens with one attached hydrogen (secondary N) is 1. The number of fused-ring (bicyclic) bond motifs is 1. The van der Waals surface area contributed by atoms with Gasteiger partial charge in [-0.05, 0) is 80.2 Å². The summed E-state index contributed by atoms with van der Waals surface area (Å²) in [6.45, 7) is 13.1. The van der Waals surface area contributed by atoms with E-state index in [1.165, 1.54) is 0 Å². The second-order valence-corrected chi connectivity index (χ2v) is 10.4. The summed E-state index contributed by atoms with van der Waals surface area (Å²) in [5.74, 6) is 1.24. The molecule has 0 unspecified atom stereocenters. The summed E-state index contributed by atoms with van der Waals surface area (Å²) < 4.78 is 12.6. The fraction of sp³-hybridized carbons (Fsp3) is 0.344. The van der Waals surface area contributed by atoms with Crippen molar-refractivity contribution >= 4 is 51.7 Å². The van der Waals surface area contributed by atoms with Crippen LogP contribution in [0.5, 0.6) is 0 Å². The average Bonchev–Trinajstić information content (AvgIpc) is 3.02. The number of hydrogen-bond acceptors (Lipinski definition) is 7. The molecule has 1 fully saturated rings. The lowest BCUT2D eigenvalue weighted by atomic mass is 10.1. The molecule has 218 valence electrons. The molecule has 0 saturated carbocycles. The third-order valence-corrected chi connectivity index (χ3v) is 7.24. The summed E-state index contributed by atoms with van der Waals surface area (Å²) in [6, 6.07) is 18.9. The number of hydrogen-bond donors (Lipinski definition) is 1. The normalized spacial score (nSPS) is 12.6. The summed E-state index contributed by atoms with van der Waals surface area (Å²) in [5, 5.41) is 4.45. The highest BCUT2D eigenvalue weighted by atomic mass is 35.5. The second kappa shape index (κ2) is 16.9. The van der Waals surface area contributed by atoms with Crippen LogP contribution < -0.4 is 9.62 Å². The van der Waals surface area contributed by atoms with E-state index in [0.29, 0.717) is 34.4 Å². The molecule has 1 saturated heterocycles. The van der Waals surface area contributed by atoms with Gasteiger partial charge in [0.25, 0.3) is 5.91 Å². The molecule has 0 radical (unpaired) electrons. The maximum absolute atomic E-state index is 13.0. The van der Waals surface area contributed by atoms with Crippen LogP contribution >= 0.6 is 23.5 Å². The first-order chi connectivity index (χ1) is 20.0. The minimum Gasteiger partial charge on any atom is -0.382 e. The van der Waals surface area contributed by atoms with Crippen molar-refractivity contribution in [3.05, 3.63) is 83.0 Å². The monoisotopic (exact) mass is 594 g/mol. The van der Waals surface area contributed by atoms with Crippen LogP contribution in [0.3, 0.4) is 0 Å². The van der Waals surface area contributed by atoms with Gasteiger partial charge in [0.2, 0.25) is 0 Å². The molecule has 0 spiro atoms. The van der Waals surface area contributed by atoms with Gasteiger partial charge in [-0.25, -0.2) is 9.97 Å². The zero-order valence-electron chi connectivity index (χ0n) is 24.4. The maximum atomic E-state index is 13.0. The Morgan fingerprint density at radius 3 is 2.61 bits per heavy atom. The van der Waals surface area contributed by atoms with Crippen molar-refractivity contribution in [2.45, 2.75) is 41.0 Å².